The van der Waals surface area contributed by atoms with Crippen molar-refractivity contribution in [2.45, 2.75) is 6.92 Å². The van der Waals surface area contributed by atoms with Gasteiger partial charge in [-0.1, -0.05) is 42.0 Å². The number of hydrogen-bond donors (Lipinski definition) is 0. The normalized spacial score (nSPS) is 10.1. The summed E-state index contributed by atoms with van der Waals surface area (Å²) in [5, 5.41) is 0. The number of benzene rings is 2. The van der Waals surface area contributed by atoms with E-state index in [2.05, 4.69) is 49.7 Å². The minimum Gasteiger partial charge on any atom is -0.497 e. The molecule has 0 aliphatic rings. The van der Waals surface area contributed by atoms with Crippen LogP contribution in [0.5, 0.6) is 5.75 Å². The number of hydrogen-bond acceptors (Lipinski definition) is 1. The molecular weight excluding hydrogens is 196 g/mol. The van der Waals surface area contributed by atoms with Gasteiger partial charge in [0.2, 0.25) is 0 Å². The van der Waals surface area contributed by atoms with E-state index in [1.54, 1.807) is 7.11 Å². The predicted molar refractivity (Wildman–Crippen MR) is 66.7 cm³/mol. The fourth-order valence-corrected chi connectivity index (χ4v) is 1.56. The molecule has 0 amide bonds. The van der Waals surface area contributed by atoms with Crippen LogP contribution >= 0.6 is 0 Å². The predicted octanol–water partition coefficient (Wildman–Crippen LogP) is 3.60. The monoisotopic (exact) mass is 211 g/mol. The van der Waals surface area contributed by atoms with E-state index in [1.165, 1.54) is 16.7 Å². The first-order chi connectivity index (χ1) is 7.78. The van der Waals surface area contributed by atoms with Crippen LogP contribution in [0.1, 0.15) is 16.7 Å². The van der Waals surface area contributed by atoms with Gasteiger partial charge in [0, 0.05) is 6.42 Å². The molecule has 1 radical (unpaired) electrons. The lowest BCUT2D eigenvalue weighted by Crippen LogP contribution is -1.86. The van der Waals surface area contributed by atoms with E-state index in [0.29, 0.717) is 0 Å². The minimum atomic E-state index is 0.890. The zero-order valence-corrected chi connectivity index (χ0v) is 9.60. The summed E-state index contributed by atoms with van der Waals surface area (Å²) in [6.45, 7) is 2.09. The molecule has 0 bridgehead atoms. The van der Waals surface area contributed by atoms with Crippen molar-refractivity contribution in [1.29, 1.82) is 0 Å². The third kappa shape index (κ3) is 2.63. The van der Waals surface area contributed by atoms with Crippen molar-refractivity contribution < 1.29 is 4.74 Å². The highest BCUT2D eigenvalue weighted by Gasteiger charge is 1.97. The topological polar surface area (TPSA) is 9.23 Å². The summed E-state index contributed by atoms with van der Waals surface area (Å²) in [6, 6.07) is 16.5. The van der Waals surface area contributed by atoms with E-state index in [4.69, 9.17) is 4.74 Å². The van der Waals surface area contributed by atoms with E-state index in [0.717, 1.165) is 5.75 Å². The van der Waals surface area contributed by atoms with E-state index < -0.39 is 0 Å². The van der Waals surface area contributed by atoms with Gasteiger partial charge >= 0.3 is 0 Å². The van der Waals surface area contributed by atoms with Crippen LogP contribution in [0.15, 0.2) is 48.5 Å². The Morgan fingerprint density at radius 1 is 0.812 bits per heavy atom. The zero-order valence-electron chi connectivity index (χ0n) is 9.60. The molecule has 0 aromatic heterocycles. The summed E-state index contributed by atoms with van der Waals surface area (Å²) in [5.74, 6) is 0.890. The lowest BCUT2D eigenvalue weighted by molar-refractivity contribution is 0.414. The van der Waals surface area contributed by atoms with Crippen LogP contribution in [0.25, 0.3) is 0 Å². The van der Waals surface area contributed by atoms with Gasteiger partial charge in [-0.05, 0) is 30.2 Å². The Morgan fingerprint density at radius 3 is 1.81 bits per heavy atom. The second-order valence-electron chi connectivity index (χ2n) is 3.83. The number of methoxy groups -OCH3 is 1. The molecule has 0 atom stereocenters. The molecule has 2 rings (SSSR count). The largest absolute Gasteiger partial charge is 0.497 e. The Hall–Kier alpha value is -1.76. The first-order valence-electron chi connectivity index (χ1n) is 5.33. The molecule has 1 nitrogen and oxygen atoms in total. The van der Waals surface area contributed by atoms with Crippen molar-refractivity contribution >= 4 is 0 Å². The molecule has 81 valence electrons. The molecule has 0 heterocycles. The molecule has 0 N–H and O–H groups in total. The highest BCUT2D eigenvalue weighted by Crippen LogP contribution is 2.16. The first-order valence-corrected chi connectivity index (χ1v) is 5.33. The molecule has 0 saturated carbocycles. The SMILES string of the molecule is COc1ccc([CH]c2ccc(C)cc2)cc1. The molecule has 0 aliphatic heterocycles. The molecule has 0 unspecified atom stereocenters. The van der Waals surface area contributed by atoms with Crippen LogP contribution in [0.2, 0.25) is 0 Å². The van der Waals surface area contributed by atoms with E-state index in [1.807, 2.05) is 12.1 Å². The van der Waals surface area contributed by atoms with Crippen LogP contribution in [0.3, 0.4) is 0 Å². The highest BCUT2D eigenvalue weighted by molar-refractivity contribution is 5.40. The van der Waals surface area contributed by atoms with Gasteiger partial charge in [0.15, 0.2) is 0 Å². The Balaban J connectivity index is 2.11. The van der Waals surface area contributed by atoms with Crippen molar-refractivity contribution in [2.24, 2.45) is 0 Å². The van der Waals surface area contributed by atoms with Gasteiger partial charge < -0.3 is 4.74 Å². The second-order valence-corrected chi connectivity index (χ2v) is 3.83. The minimum absolute atomic E-state index is 0.890. The third-order valence-electron chi connectivity index (χ3n) is 2.53. The van der Waals surface area contributed by atoms with Crippen LogP contribution in [0, 0.1) is 13.3 Å². The molecule has 0 aliphatic carbocycles. The maximum atomic E-state index is 5.12. The van der Waals surface area contributed by atoms with Gasteiger partial charge in [0.05, 0.1) is 7.11 Å². The van der Waals surface area contributed by atoms with Crippen LogP contribution in [-0.4, -0.2) is 7.11 Å². The lowest BCUT2D eigenvalue weighted by atomic mass is 10.0. The fourth-order valence-electron chi connectivity index (χ4n) is 1.56. The average Bonchev–Trinajstić information content (AvgIpc) is 2.33. The Labute approximate surface area is 96.7 Å². The van der Waals surface area contributed by atoms with E-state index in [-0.39, 0.29) is 0 Å². The summed E-state index contributed by atoms with van der Waals surface area (Å²) in [7, 11) is 1.68. The maximum Gasteiger partial charge on any atom is 0.118 e. The molecule has 0 spiro atoms. The third-order valence-corrected chi connectivity index (χ3v) is 2.53. The highest BCUT2D eigenvalue weighted by atomic mass is 16.5. The quantitative estimate of drug-likeness (QED) is 0.753. The second kappa shape index (κ2) is 4.84. The van der Waals surface area contributed by atoms with Gasteiger partial charge in [-0.15, -0.1) is 0 Å². The number of ether oxygens (including phenoxy) is 1. The molecule has 2 aromatic rings. The summed E-state index contributed by atoms with van der Waals surface area (Å²) >= 11 is 0. The summed E-state index contributed by atoms with van der Waals surface area (Å²) < 4.78 is 5.12. The van der Waals surface area contributed by atoms with Crippen LogP contribution in [-0.2, 0) is 0 Å². The number of rotatable bonds is 3. The van der Waals surface area contributed by atoms with Crippen LogP contribution in [0.4, 0.5) is 0 Å². The Morgan fingerprint density at radius 2 is 1.31 bits per heavy atom. The molecular formula is C15H15O. The molecule has 16 heavy (non-hydrogen) atoms. The molecule has 2 aromatic carbocycles. The first kappa shape index (κ1) is 10.7. The zero-order chi connectivity index (χ0) is 11.4. The summed E-state index contributed by atoms with van der Waals surface area (Å²) in [6.07, 6.45) is 2.15. The van der Waals surface area contributed by atoms with Crippen molar-refractivity contribution in [1.82, 2.24) is 0 Å². The van der Waals surface area contributed by atoms with E-state index in [9.17, 15) is 0 Å². The number of aryl methyl sites for hydroxylation is 1. The van der Waals surface area contributed by atoms with Crippen molar-refractivity contribution in [2.75, 3.05) is 7.11 Å². The molecule has 0 saturated heterocycles. The van der Waals surface area contributed by atoms with Gasteiger partial charge in [0.25, 0.3) is 0 Å². The molecule has 0 fully saturated rings. The average molecular weight is 211 g/mol. The smallest absolute Gasteiger partial charge is 0.118 e. The fraction of sp³-hybridized carbons (Fsp3) is 0.133. The maximum absolute atomic E-state index is 5.12. The van der Waals surface area contributed by atoms with Gasteiger partial charge in [-0.25, -0.2) is 0 Å². The van der Waals surface area contributed by atoms with Crippen LogP contribution < -0.4 is 4.74 Å². The summed E-state index contributed by atoms with van der Waals surface area (Å²) in [4.78, 5) is 0. The van der Waals surface area contributed by atoms with Crippen molar-refractivity contribution in [3.05, 3.63) is 71.6 Å². The lowest BCUT2D eigenvalue weighted by Gasteiger charge is -2.03. The molecule has 1 heteroatoms. The Bertz CT molecular complexity index is 440. The van der Waals surface area contributed by atoms with Crippen molar-refractivity contribution in [3.63, 3.8) is 0 Å². The van der Waals surface area contributed by atoms with Crippen molar-refractivity contribution in [3.8, 4) is 5.75 Å². The van der Waals surface area contributed by atoms with Gasteiger partial charge in [0.1, 0.15) is 5.75 Å². The standard InChI is InChI=1S/C15H15O/c1-12-3-5-13(6-4-12)11-14-7-9-15(16-2)10-8-14/h3-11H,1-2H3. The van der Waals surface area contributed by atoms with Gasteiger partial charge in [-0.2, -0.15) is 0 Å². The van der Waals surface area contributed by atoms with E-state index >= 15 is 0 Å². The summed E-state index contributed by atoms with van der Waals surface area (Å²) in [5.41, 5.74) is 3.69. The Kier molecular flexibility index (Phi) is 3.25. The van der Waals surface area contributed by atoms with Gasteiger partial charge in [-0.3, -0.25) is 0 Å².